The number of rotatable bonds is 5. The van der Waals surface area contributed by atoms with E-state index in [9.17, 15) is 19.6 Å². The van der Waals surface area contributed by atoms with Gasteiger partial charge in [0.1, 0.15) is 11.1 Å². The van der Waals surface area contributed by atoms with Crippen molar-refractivity contribution in [3.63, 3.8) is 0 Å². The van der Waals surface area contributed by atoms with Gasteiger partial charge >= 0.3 is 5.97 Å². The van der Waals surface area contributed by atoms with E-state index in [4.69, 9.17) is 16.3 Å². The Morgan fingerprint density at radius 1 is 1.31 bits per heavy atom. The molecule has 0 radical (unpaired) electrons. The number of thioether (sulfide) groups is 1. The van der Waals surface area contributed by atoms with Gasteiger partial charge in [0.2, 0.25) is 5.91 Å². The molecule has 2 amide bonds. The third-order valence-corrected chi connectivity index (χ3v) is 6.53. The number of benzene rings is 1. The summed E-state index contributed by atoms with van der Waals surface area (Å²) in [6.07, 6.45) is 2.01. The van der Waals surface area contributed by atoms with Gasteiger partial charge in [-0.15, -0.1) is 0 Å². The lowest BCUT2D eigenvalue weighted by molar-refractivity contribution is -0.127. The van der Waals surface area contributed by atoms with Crippen molar-refractivity contribution in [1.29, 1.82) is 5.26 Å². The van der Waals surface area contributed by atoms with Crippen molar-refractivity contribution in [2.45, 2.75) is 43.4 Å². The SMILES string of the molecule is CCOC(=O)c1cc(C#N)c(SC2CCCCN(C(=O)c3ccc(Cl)cc3)C2=O)nc1C. The van der Waals surface area contributed by atoms with Crippen LogP contribution >= 0.6 is 23.4 Å². The van der Waals surface area contributed by atoms with E-state index in [0.29, 0.717) is 40.7 Å². The number of nitriles is 1. The van der Waals surface area contributed by atoms with Gasteiger partial charge in [0, 0.05) is 17.1 Å². The summed E-state index contributed by atoms with van der Waals surface area (Å²) in [5.41, 5.74) is 1.22. The Kier molecular flexibility index (Phi) is 7.89. The Labute approximate surface area is 195 Å². The molecular formula is C23H22ClN3O4S. The van der Waals surface area contributed by atoms with Gasteiger partial charge in [-0.05, 0) is 57.0 Å². The van der Waals surface area contributed by atoms with E-state index in [1.807, 2.05) is 6.07 Å². The second-order valence-corrected chi connectivity index (χ2v) is 8.84. The van der Waals surface area contributed by atoms with Crippen LogP contribution in [0, 0.1) is 18.3 Å². The van der Waals surface area contributed by atoms with Gasteiger partial charge in [-0.2, -0.15) is 5.26 Å². The highest BCUT2D eigenvalue weighted by Gasteiger charge is 2.33. The first-order valence-corrected chi connectivity index (χ1v) is 11.5. The quantitative estimate of drug-likeness (QED) is 0.470. The number of imide groups is 1. The molecule has 2 aromatic rings. The lowest BCUT2D eigenvalue weighted by Gasteiger charge is -2.22. The van der Waals surface area contributed by atoms with E-state index in [1.54, 1.807) is 38.1 Å². The van der Waals surface area contributed by atoms with Crippen LogP contribution in [0.3, 0.4) is 0 Å². The molecule has 1 atom stereocenters. The predicted molar refractivity (Wildman–Crippen MR) is 121 cm³/mol. The smallest absolute Gasteiger partial charge is 0.340 e. The summed E-state index contributed by atoms with van der Waals surface area (Å²) in [6.45, 7) is 3.90. The van der Waals surface area contributed by atoms with Crippen molar-refractivity contribution in [2.24, 2.45) is 0 Å². The molecule has 1 saturated heterocycles. The number of carbonyl (C=O) groups is 3. The minimum absolute atomic E-state index is 0.191. The van der Waals surface area contributed by atoms with Crippen molar-refractivity contribution in [2.75, 3.05) is 13.2 Å². The van der Waals surface area contributed by atoms with Crippen LogP contribution in [0.1, 0.15) is 58.2 Å². The first kappa shape index (κ1) is 23.8. The van der Waals surface area contributed by atoms with Gasteiger partial charge in [-0.1, -0.05) is 29.8 Å². The highest BCUT2D eigenvalue weighted by molar-refractivity contribution is 8.00. The summed E-state index contributed by atoms with van der Waals surface area (Å²) in [6, 6.07) is 9.91. The number of nitrogens with zero attached hydrogens (tertiary/aromatic N) is 3. The third kappa shape index (κ3) is 5.29. The maximum absolute atomic E-state index is 13.2. The summed E-state index contributed by atoms with van der Waals surface area (Å²) in [5, 5.41) is 9.89. The Balaban J connectivity index is 1.86. The Morgan fingerprint density at radius 2 is 2.03 bits per heavy atom. The molecule has 0 saturated carbocycles. The van der Waals surface area contributed by atoms with Crippen LogP contribution in [0.5, 0.6) is 0 Å². The van der Waals surface area contributed by atoms with E-state index in [2.05, 4.69) is 4.98 Å². The van der Waals surface area contributed by atoms with E-state index in [1.165, 1.54) is 11.0 Å². The molecule has 0 bridgehead atoms. The Hall–Kier alpha value is -2.89. The van der Waals surface area contributed by atoms with Crippen LogP contribution in [-0.4, -0.2) is 46.1 Å². The number of ether oxygens (including phenoxy) is 1. The summed E-state index contributed by atoms with van der Waals surface area (Å²) in [4.78, 5) is 44.0. The molecule has 166 valence electrons. The number of hydrogen-bond donors (Lipinski definition) is 0. The van der Waals surface area contributed by atoms with Gasteiger partial charge < -0.3 is 4.74 Å². The molecule has 2 heterocycles. The van der Waals surface area contributed by atoms with Gasteiger partial charge in [-0.25, -0.2) is 9.78 Å². The molecule has 9 heteroatoms. The lowest BCUT2D eigenvalue weighted by atomic mass is 10.1. The van der Waals surface area contributed by atoms with E-state index >= 15 is 0 Å². The zero-order valence-electron chi connectivity index (χ0n) is 17.8. The monoisotopic (exact) mass is 471 g/mol. The topological polar surface area (TPSA) is 100 Å². The van der Waals surface area contributed by atoms with Crippen LogP contribution in [0.25, 0.3) is 0 Å². The van der Waals surface area contributed by atoms with Crippen molar-refractivity contribution in [1.82, 2.24) is 9.88 Å². The number of aromatic nitrogens is 1. The lowest BCUT2D eigenvalue weighted by Crippen LogP contribution is -2.41. The molecule has 3 rings (SSSR count). The van der Waals surface area contributed by atoms with Gasteiger partial charge in [0.05, 0.1) is 28.7 Å². The predicted octanol–water partition coefficient (Wildman–Crippen LogP) is 4.41. The second-order valence-electron chi connectivity index (χ2n) is 7.21. The summed E-state index contributed by atoms with van der Waals surface area (Å²) in [7, 11) is 0. The summed E-state index contributed by atoms with van der Waals surface area (Å²) in [5.74, 6) is -1.23. The third-order valence-electron chi connectivity index (χ3n) is 5.02. The van der Waals surface area contributed by atoms with Crippen molar-refractivity contribution < 1.29 is 19.1 Å². The molecule has 1 aromatic heterocycles. The van der Waals surface area contributed by atoms with Crippen molar-refractivity contribution in [3.8, 4) is 6.07 Å². The fourth-order valence-corrected chi connectivity index (χ4v) is 4.70. The largest absolute Gasteiger partial charge is 0.462 e. The van der Waals surface area contributed by atoms with Crippen LogP contribution in [0.15, 0.2) is 35.4 Å². The molecular weight excluding hydrogens is 450 g/mol. The first-order valence-electron chi connectivity index (χ1n) is 10.2. The fraction of sp³-hybridized carbons (Fsp3) is 0.348. The zero-order valence-corrected chi connectivity index (χ0v) is 19.3. The van der Waals surface area contributed by atoms with Crippen LogP contribution in [0.2, 0.25) is 5.02 Å². The number of carbonyl (C=O) groups excluding carboxylic acids is 3. The average molecular weight is 472 g/mol. The van der Waals surface area contributed by atoms with Crippen molar-refractivity contribution >= 4 is 41.1 Å². The fourth-order valence-electron chi connectivity index (χ4n) is 3.37. The maximum atomic E-state index is 13.2. The molecule has 0 N–H and O–H groups in total. The summed E-state index contributed by atoms with van der Waals surface area (Å²) >= 11 is 7.06. The Morgan fingerprint density at radius 3 is 2.69 bits per heavy atom. The first-order chi connectivity index (χ1) is 15.3. The number of pyridine rings is 1. The van der Waals surface area contributed by atoms with E-state index in [-0.39, 0.29) is 29.5 Å². The van der Waals surface area contributed by atoms with Crippen LogP contribution < -0.4 is 0 Å². The highest BCUT2D eigenvalue weighted by atomic mass is 35.5. The maximum Gasteiger partial charge on any atom is 0.340 e. The Bertz CT molecular complexity index is 1080. The normalized spacial score (nSPS) is 16.2. The standard InChI is InChI=1S/C23H22ClN3O4S/c1-3-31-23(30)18-12-16(13-25)20(26-14(18)2)32-19-6-4-5-11-27(22(19)29)21(28)15-7-9-17(24)10-8-15/h7-10,12,19H,3-6,11H2,1-2H3. The van der Waals surface area contributed by atoms with Crippen molar-refractivity contribution in [3.05, 3.63) is 57.7 Å². The molecule has 32 heavy (non-hydrogen) atoms. The number of hydrogen-bond acceptors (Lipinski definition) is 7. The average Bonchev–Trinajstić information content (AvgIpc) is 2.95. The van der Waals surface area contributed by atoms with E-state index < -0.39 is 11.2 Å². The number of likely N-dealkylation sites (tertiary alicyclic amines) is 1. The molecule has 1 aliphatic rings. The number of aryl methyl sites for hydroxylation is 1. The van der Waals surface area contributed by atoms with E-state index in [0.717, 1.165) is 18.2 Å². The zero-order chi connectivity index (χ0) is 23.3. The summed E-state index contributed by atoms with van der Waals surface area (Å²) < 4.78 is 5.02. The van der Waals surface area contributed by atoms with Crippen LogP contribution in [0.4, 0.5) is 0 Å². The van der Waals surface area contributed by atoms with Gasteiger partial charge in [0.25, 0.3) is 5.91 Å². The molecule has 0 aliphatic carbocycles. The molecule has 7 nitrogen and oxygen atoms in total. The van der Waals surface area contributed by atoms with Gasteiger partial charge in [0.15, 0.2) is 0 Å². The molecule has 1 unspecified atom stereocenters. The second kappa shape index (κ2) is 10.6. The molecule has 1 aliphatic heterocycles. The minimum atomic E-state index is -0.568. The number of esters is 1. The highest BCUT2D eigenvalue weighted by Crippen LogP contribution is 2.32. The minimum Gasteiger partial charge on any atom is -0.462 e. The van der Waals surface area contributed by atoms with Crippen LogP contribution in [-0.2, 0) is 9.53 Å². The number of amides is 2. The molecule has 0 spiro atoms. The van der Waals surface area contributed by atoms with Gasteiger partial charge in [-0.3, -0.25) is 14.5 Å². The number of halogens is 1. The molecule has 1 fully saturated rings. The molecule has 1 aromatic carbocycles.